The maximum Gasteiger partial charge on any atom is 0.308 e. The molecule has 228 valence electrons. The molecule has 14 nitrogen and oxygen atoms in total. The van der Waals surface area contributed by atoms with E-state index in [1.54, 1.807) is 0 Å². The predicted molar refractivity (Wildman–Crippen MR) is 159 cm³/mol. The molecule has 1 aromatic heterocycles. The monoisotopic (exact) mass is 611 g/mol. The van der Waals surface area contributed by atoms with Gasteiger partial charge in [-0.15, -0.1) is 0 Å². The number of nitrogens with one attached hydrogen (secondary N) is 3. The topological polar surface area (TPSA) is 192 Å². The minimum absolute atomic E-state index is 0.0990. The Labute approximate surface area is 255 Å². The van der Waals surface area contributed by atoms with E-state index in [1.807, 2.05) is 0 Å². The Morgan fingerprint density at radius 3 is 1.16 bits per heavy atom. The zero-order chi connectivity index (χ0) is 32.5. The van der Waals surface area contributed by atoms with Crippen LogP contribution < -0.4 is 30.2 Å². The Kier molecular flexibility index (Phi) is 9.90. The molecule has 0 fully saturated rings. The lowest BCUT2D eigenvalue weighted by Crippen LogP contribution is -2.19. The number of carbonyl (C=O) groups excluding carboxylic acids is 6. The molecule has 0 bridgehead atoms. The first kappa shape index (κ1) is 31.5. The average molecular weight is 612 g/mol. The van der Waals surface area contributed by atoms with E-state index < -0.39 is 35.6 Å². The summed E-state index contributed by atoms with van der Waals surface area (Å²) in [5.41, 5.74) is 0.336. The normalized spacial score (nSPS) is 10.2. The minimum Gasteiger partial charge on any atom is -0.427 e. The first-order valence-corrected chi connectivity index (χ1v) is 13.1. The second-order valence-electron chi connectivity index (χ2n) is 9.19. The fourth-order valence-electron chi connectivity index (χ4n) is 3.78. The van der Waals surface area contributed by atoms with Crippen molar-refractivity contribution in [3.8, 4) is 17.2 Å². The highest BCUT2D eigenvalue weighted by molar-refractivity contribution is 6.07. The van der Waals surface area contributed by atoms with E-state index in [2.05, 4.69) is 25.9 Å². The van der Waals surface area contributed by atoms with Crippen molar-refractivity contribution in [1.29, 1.82) is 0 Å². The molecule has 0 atom stereocenters. The Morgan fingerprint density at radius 2 is 0.822 bits per heavy atom. The predicted octanol–water partition coefficient (Wildman–Crippen LogP) is 4.01. The summed E-state index contributed by atoms with van der Waals surface area (Å²) in [7, 11) is 0. The second kappa shape index (κ2) is 14.2. The Morgan fingerprint density at radius 1 is 0.489 bits per heavy atom. The lowest BCUT2D eigenvalue weighted by Gasteiger charge is -2.12. The average Bonchev–Trinajstić information content (AvgIpc) is 2.96. The summed E-state index contributed by atoms with van der Waals surface area (Å²) >= 11 is 0. The van der Waals surface area contributed by atoms with Gasteiger partial charge in [0.15, 0.2) is 0 Å². The number of esters is 3. The number of anilines is 3. The maximum atomic E-state index is 13.0. The summed E-state index contributed by atoms with van der Waals surface area (Å²) in [6.07, 6.45) is 0. The van der Waals surface area contributed by atoms with Crippen LogP contribution >= 0.6 is 0 Å². The molecule has 14 heteroatoms. The first-order chi connectivity index (χ1) is 21.4. The van der Waals surface area contributed by atoms with E-state index in [1.165, 1.54) is 99.6 Å². The van der Waals surface area contributed by atoms with Crippen molar-refractivity contribution in [2.45, 2.75) is 20.8 Å². The molecule has 3 aromatic carbocycles. The molecule has 3 N–H and O–H groups in total. The molecule has 0 aliphatic carbocycles. The van der Waals surface area contributed by atoms with Gasteiger partial charge in [0.1, 0.15) is 28.9 Å². The molecule has 4 rings (SSSR count). The fraction of sp³-hybridized carbons (Fsp3) is 0.0968. The quantitative estimate of drug-likeness (QED) is 0.183. The summed E-state index contributed by atoms with van der Waals surface area (Å²) in [4.78, 5) is 81.4. The van der Waals surface area contributed by atoms with Crippen LogP contribution in [0.2, 0.25) is 0 Å². The van der Waals surface area contributed by atoms with E-state index in [0.29, 0.717) is 0 Å². The van der Waals surface area contributed by atoms with Gasteiger partial charge in [-0.3, -0.25) is 34.1 Å². The number of aromatic nitrogens is 2. The van der Waals surface area contributed by atoms with Crippen molar-refractivity contribution in [3.63, 3.8) is 0 Å². The highest BCUT2D eigenvalue weighted by atomic mass is 16.5. The van der Waals surface area contributed by atoms with Crippen molar-refractivity contribution in [2.24, 2.45) is 0 Å². The summed E-state index contributed by atoms with van der Waals surface area (Å²) in [6.45, 7) is 3.66. The third-order valence-electron chi connectivity index (χ3n) is 5.51. The summed E-state index contributed by atoms with van der Waals surface area (Å²) in [5.74, 6) is -3.80. The summed E-state index contributed by atoms with van der Waals surface area (Å²) < 4.78 is 15.1. The van der Waals surface area contributed by atoms with Gasteiger partial charge < -0.3 is 24.8 Å². The van der Waals surface area contributed by atoms with Crippen molar-refractivity contribution in [1.82, 2.24) is 9.97 Å². The molecule has 0 radical (unpaired) electrons. The molecular weight excluding hydrogens is 586 g/mol. The van der Waals surface area contributed by atoms with Gasteiger partial charge in [0, 0.05) is 43.5 Å². The van der Waals surface area contributed by atoms with E-state index in [-0.39, 0.29) is 51.5 Å². The lowest BCUT2D eigenvalue weighted by molar-refractivity contribution is -0.132. The van der Waals surface area contributed by atoms with Crippen molar-refractivity contribution >= 4 is 53.2 Å². The number of nitrogens with zero attached hydrogens (tertiary/aromatic N) is 2. The van der Waals surface area contributed by atoms with Gasteiger partial charge in [-0.05, 0) is 54.6 Å². The molecule has 0 aliphatic rings. The number of benzene rings is 3. The summed E-state index contributed by atoms with van der Waals surface area (Å²) in [6, 6.07) is 18.7. The second-order valence-corrected chi connectivity index (χ2v) is 9.19. The van der Waals surface area contributed by atoms with Crippen LogP contribution in [0.15, 0.2) is 78.9 Å². The molecule has 0 spiro atoms. The van der Waals surface area contributed by atoms with Crippen LogP contribution in [0.1, 0.15) is 51.8 Å². The van der Waals surface area contributed by atoms with Gasteiger partial charge >= 0.3 is 17.9 Å². The number of rotatable bonds is 9. The van der Waals surface area contributed by atoms with Crippen molar-refractivity contribution in [2.75, 3.05) is 16.0 Å². The lowest BCUT2D eigenvalue weighted by atomic mass is 10.2. The molecule has 3 amide bonds. The van der Waals surface area contributed by atoms with Gasteiger partial charge in [0.2, 0.25) is 5.95 Å². The van der Waals surface area contributed by atoms with E-state index in [0.717, 1.165) is 0 Å². The van der Waals surface area contributed by atoms with Gasteiger partial charge in [-0.25, -0.2) is 0 Å². The molecule has 0 aliphatic heterocycles. The van der Waals surface area contributed by atoms with Gasteiger partial charge in [-0.1, -0.05) is 18.2 Å². The highest BCUT2D eigenvalue weighted by Crippen LogP contribution is 2.21. The standard InChI is InChI=1S/C31H25N5O9/c1-17(37)43-23-10-4-7-20(13-23)28(40)32-26-16-27(33-29(41)21-8-5-11-24(14-21)44-18(2)38)35-31(34-26)36-30(42)22-9-6-12-25(15-22)45-19(3)39/h4-16H,1-3H3,(H3,32,33,34,35,36,40,41,42). The minimum atomic E-state index is -0.687. The van der Waals surface area contributed by atoms with Gasteiger partial charge in [0.05, 0.1) is 0 Å². The van der Waals surface area contributed by atoms with Crippen LogP contribution in [-0.4, -0.2) is 45.6 Å². The summed E-state index contributed by atoms with van der Waals surface area (Å²) in [5, 5.41) is 7.61. The van der Waals surface area contributed by atoms with Crippen molar-refractivity contribution in [3.05, 3.63) is 95.6 Å². The fourth-order valence-corrected chi connectivity index (χ4v) is 3.78. The third-order valence-corrected chi connectivity index (χ3v) is 5.51. The van der Waals surface area contributed by atoms with Crippen molar-refractivity contribution < 1.29 is 43.0 Å². The molecule has 1 heterocycles. The molecule has 0 saturated carbocycles. The van der Waals surface area contributed by atoms with Crippen LogP contribution in [-0.2, 0) is 14.4 Å². The first-order valence-electron chi connectivity index (χ1n) is 13.1. The Hall–Kier alpha value is -6.44. The SMILES string of the molecule is CC(=O)Oc1cccc(C(=O)Nc2cc(NC(=O)c3cccc(OC(C)=O)c3)nc(NC(=O)c3cccc(OC(C)=O)c3)n2)c1. The van der Waals surface area contributed by atoms with E-state index in [9.17, 15) is 28.8 Å². The number of carbonyl (C=O) groups is 6. The van der Waals surface area contributed by atoms with Crippen LogP contribution in [0.25, 0.3) is 0 Å². The van der Waals surface area contributed by atoms with Gasteiger partial charge in [0.25, 0.3) is 17.7 Å². The Balaban J connectivity index is 1.63. The molecule has 0 saturated heterocycles. The Bertz CT molecular complexity index is 1600. The number of hydrogen-bond donors (Lipinski definition) is 3. The van der Waals surface area contributed by atoms with Crippen LogP contribution in [0.3, 0.4) is 0 Å². The number of hydrogen-bond acceptors (Lipinski definition) is 11. The van der Waals surface area contributed by atoms with E-state index in [4.69, 9.17) is 14.2 Å². The van der Waals surface area contributed by atoms with Crippen LogP contribution in [0.5, 0.6) is 17.2 Å². The number of amides is 3. The van der Waals surface area contributed by atoms with Gasteiger partial charge in [-0.2, -0.15) is 9.97 Å². The third kappa shape index (κ3) is 9.27. The maximum absolute atomic E-state index is 13.0. The molecular formula is C31H25N5O9. The van der Waals surface area contributed by atoms with E-state index >= 15 is 0 Å². The molecule has 45 heavy (non-hydrogen) atoms. The number of ether oxygens (including phenoxy) is 3. The largest absolute Gasteiger partial charge is 0.427 e. The smallest absolute Gasteiger partial charge is 0.308 e. The molecule has 4 aromatic rings. The van der Waals surface area contributed by atoms with Crippen LogP contribution in [0, 0.1) is 0 Å². The zero-order valence-electron chi connectivity index (χ0n) is 24.1. The van der Waals surface area contributed by atoms with Crippen LogP contribution in [0.4, 0.5) is 17.6 Å². The highest BCUT2D eigenvalue weighted by Gasteiger charge is 2.17. The zero-order valence-corrected chi connectivity index (χ0v) is 24.1. The molecule has 0 unspecified atom stereocenters.